The van der Waals surface area contributed by atoms with E-state index >= 15 is 0 Å². The summed E-state index contributed by atoms with van der Waals surface area (Å²) in [6, 6.07) is 6.87. The van der Waals surface area contributed by atoms with E-state index in [0.29, 0.717) is 12.2 Å². The van der Waals surface area contributed by atoms with Gasteiger partial charge in [-0.2, -0.15) is 0 Å². The number of hydrogen-bond donors (Lipinski definition) is 1. The van der Waals surface area contributed by atoms with Gasteiger partial charge in [-0.25, -0.2) is 4.79 Å². The second-order valence-electron chi connectivity index (χ2n) is 4.02. The fourth-order valence-electron chi connectivity index (χ4n) is 1.72. The van der Waals surface area contributed by atoms with E-state index in [-0.39, 0.29) is 12.1 Å². The topological polar surface area (TPSA) is 56.8 Å². The van der Waals surface area contributed by atoms with Crippen LogP contribution in [-0.4, -0.2) is 45.5 Å². The van der Waals surface area contributed by atoms with Gasteiger partial charge < -0.3 is 19.5 Å². The van der Waals surface area contributed by atoms with Gasteiger partial charge in [0.05, 0.1) is 19.3 Å². The number of hydrogen-bond acceptors (Lipinski definition) is 5. The largest absolute Gasteiger partial charge is 0.491 e. The van der Waals surface area contributed by atoms with Crippen LogP contribution in [0.5, 0.6) is 5.75 Å². The highest BCUT2D eigenvalue weighted by molar-refractivity contribution is 5.89. The Morgan fingerprint density at radius 2 is 2.22 bits per heavy atom. The predicted molar refractivity (Wildman–Crippen MR) is 65.9 cm³/mol. The monoisotopic (exact) mass is 251 g/mol. The third kappa shape index (κ3) is 3.45. The average molecular weight is 251 g/mol. The molecule has 1 aliphatic rings. The summed E-state index contributed by atoms with van der Waals surface area (Å²) in [4.78, 5) is 11.2. The van der Waals surface area contributed by atoms with E-state index in [1.807, 2.05) is 0 Å². The van der Waals surface area contributed by atoms with Crippen LogP contribution in [0.1, 0.15) is 10.4 Å². The first-order valence-electron chi connectivity index (χ1n) is 5.93. The highest BCUT2D eigenvalue weighted by atomic mass is 16.5. The summed E-state index contributed by atoms with van der Waals surface area (Å²) >= 11 is 0. The molecule has 98 valence electrons. The summed E-state index contributed by atoms with van der Waals surface area (Å²) in [5.74, 6) is 0.373. The van der Waals surface area contributed by atoms with Gasteiger partial charge in [0, 0.05) is 13.1 Å². The molecule has 1 unspecified atom stereocenters. The molecule has 1 aromatic carbocycles. The van der Waals surface area contributed by atoms with Crippen molar-refractivity contribution in [2.45, 2.75) is 6.10 Å². The van der Waals surface area contributed by atoms with Gasteiger partial charge in [0.1, 0.15) is 18.5 Å². The number of morpholine rings is 1. The molecule has 0 bridgehead atoms. The molecule has 0 aliphatic carbocycles. The van der Waals surface area contributed by atoms with E-state index in [1.165, 1.54) is 7.11 Å². The Kier molecular flexibility index (Phi) is 4.55. The summed E-state index contributed by atoms with van der Waals surface area (Å²) in [6.45, 7) is 2.92. The Labute approximate surface area is 106 Å². The molecule has 2 rings (SSSR count). The second kappa shape index (κ2) is 6.37. The summed E-state index contributed by atoms with van der Waals surface area (Å²) in [6.07, 6.45) is 0.0824. The molecule has 0 radical (unpaired) electrons. The van der Waals surface area contributed by atoms with E-state index in [4.69, 9.17) is 9.47 Å². The van der Waals surface area contributed by atoms with Crippen molar-refractivity contribution in [2.75, 3.05) is 33.4 Å². The molecule has 1 aliphatic heterocycles. The standard InChI is InChI=1S/C13H17NO4/c1-16-13(15)10-2-4-11(5-3-10)18-9-12-8-14-6-7-17-12/h2-5,12,14H,6-9H2,1H3. The van der Waals surface area contributed by atoms with Crippen LogP contribution in [0.25, 0.3) is 0 Å². The molecule has 5 heteroatoms. The number of nitrogens with one attached hydrogen (secondary N) is 1. The molecule has 1 aromatic rings. The molecular formula is C13H17NO4. The van der Waals surface area contributed by atoms with Crippen molar-refractivity contribution >= 4 is 5.97 Å². The van der Waals surface area contributed by atoms with Gasteiger partial charge in [-0.05, 0) is 24.3 Å². The lowest BCUT2D eigenvalue weighted by Gasteiger charge is -2.23. The molecule has 1 N–H and O–H groups in total. The second-order valence-corrected chi connectivity index (χ2v) is 4.02. The molecule has 18 heavy (non-hydrogen) atoms. The number of esters is 1. The summed E-state index contributed by atoms with van der Waals surface area (Å²) < 4.78 is 15.7. The van der Waals surface area contributed by atoms with Crippen molar-refractivity contribution in [3.8, 4) is 5.75 Å². The van der Waals surface area contributed by atoms with E-state index in [0.717, 1.165) is 25.4 Å². The highest BCUT2D eigenvalue weighted by Gasteiger charge is 2.14. The fraction of sp³-hybridized carbons (Fsp3) is 0.462. The van der Waals surface area contributed by atoms with Gasteiger partial charge in [0.15, 0.2) is 0 Å². The van der Waals surface area contributed by atoms with Crippen molar-refractivity contribution in [1.82, 2.24) is 5.32 Å². The van der Waals surface area contributed by atoms with Gasteiger partial charge in [0.25, 0.3) is 0 Å². The van der Waals surface area contributed by atoms with Crippen LogP contribution in [-0.2, 0) is 9.47 Å². The van der Waals surface area contributed by atoms with Crippen molar-refractivity contribution in [2.24, 2.45) is 0 Å². The number of benzene rings is 1. The first kappa shape index (κ1) is 12.9. The zero-order valence-corrected chi connectivity index (χ0v) is 10.3. The predicted octanol–water partition coefficient (Wildman–Crippen LogP) is 0.840. The van der Waals surface area contributed by atoms with E-state index < -0.39 is 0 Å². The van der Waals surface area contributed by atoms with Gasteiger partial charge in [-0.3, -0.25) is 0 Å². The van der Waals surface area contributed by atoms with E-state index in [1.54, 1.807) is 24.3 Å². The number of carbonyl (C=O) groups is 1. The third-order valence-electron chi connectivity index (χ3n) is 2.72. The Hall–Kier alpha value is -1.59. The van der Waals surface area contributed by atoms with Crippen LogP contribution in [0, 0.1) is 0 Å². The number of methoxy groups -OCH3 is 1. The Morgan fingerprint density at radius 3 is 2.83 bits per heavy atom. The lowest BCUT2D eigenvalue weighted by Crippen LogP contribution is -2.41. The normalized spacial score (nSPS) is 19.3. The van der Waals surface area contributed by atoms with Gasteiger partial charge >= 0.3 is 5.97 Å². The lowest BCUT2D eigenvalue weighted by molar-refractivity contribution is 0.000186. The zero-order chi connectivity index (χ0) is 12.8. The molecule has 1 heterocycles. The van der Waals surface area contributed by atoms with Crippen LogP contribution in [0.3, 0.4) is 0 Å². The molecule has 0 saturated carbocycles. The molecular weight excluding hydrogens is 234 g/mol. The highest BCUT2D eigenvalue weighted by Crippen LogP contribution is 2.13. The summed E-state index contributed by atoms with van der Waals surface area (Å²) in [5, 5.41) is 3.24. The van der Waals surface area contributed by atoms with Gasteiger partial charge in [0.2, 0.25) is 0 Å². The molecule has 1 atom stereocenters. The first-order valence-corrected chi connectivity index (χ1v) is 5.93. The van der Waals surface area contributed by atoms with E-state index in [2.05, 4.69) is 10.1 Å². The van der Waals surface area contributed by atoms with Crippen molar-refractivity contribution in [3.05, 3.63) is 29.8 Å². The quantitative estimate of drug-likeness (QED) is 0.804. The van der Waals surface area contributed by atoms with Crippen molar-refractivity contribution < 1.29 is 19.0 Å². The molecule has 0 amide bonds. The molecule has 1 saturated heterocycles. The smallest absolute Gasteiger partial charge is 0.337 e. The van der Waals surface area contributed by atoms with Gasteiger partial charge in [-0.1, -0.05) is 0 Å². The maximum atomic E-state index is 11.2. The SMILES string of the molecule is COC(=O)c1ccc(OCC2CNCCO2)cc1. The molecule has 1 fully saturated rings. The summed E-state index contributed by atoms with van der Waals surface area (Å²) in [7, 11) is 1.36. The van der Waals surface area contributed by atoms with Crippen LogP contribution < -0.4 is 10.1 Å². The number of ether oxygens (including phenoxy) is 3. The fourth-order valence-corrected chi connectivity index (χ4v) is 1.72. The van der Waals surface area contributed by atoms with Crippen LogP contribution in [0.4, 0.5) is 0 Å². The summed E-state index contributed by atoms with van der Waals surface area (Å²) in [5.41, 5.74) is 0.514. The minimum atomic E-state index is -0.346. The minimum absolute atomic E-state index is 0.0824. The molecule has 5 nitrogen and oxygen atoms in total. The lowest BCUT2D eigenvalue weighted by atomic mass is 10.2. The van der Waals surface area contributed by atoms with Crippen molar-refractivity contribution in [3.63, 3.8) is 0 Å². The molecule has 0 aromatic heterocycles. The van der Waals surface area contributed by atoms with Crippen LogP contribution in [0.2, 0.25) is 0 Å². The Morgan fingerprint density at radius 1 is 1.44 bits per heavy atom. The maximum Gasteiger partial charge on any atom is 0.337 e. The molecule has 0 spiro atoms. The van der Waals surface area contributed by atoms with E-state index in [9.17, 15) is 4.79 Å². The number of rotatable bonds is 4. The third-order valence-corrected chi connectivity index (χ3v) is 2.72. The Balaban J connectivity index is 1.84. The number of carbonyl (C=O) groups excluding carboxylic acids is 1. The van der Waals surface area contributed by atoms with Crippen LogP contribution >= 0.6 is 0 Å². The van der Waals surface area contributed by atoms with Gasteiger partial charge in [-0.15, -0.1) is 0 Å². The first-order chi connectivity index (χ1) is 8.79. The Bertz CT molecular complexity index is 384. The minimum Gasteiger partial charge on any atom is -0.491 e. The van der Waals surface area contributed by atoms with Crippen molar-refractivity contribution in [1.29, 1.82) is 0 Å². The van der Waals surface area contributed by atoms with Crippen LogP contribution in [0.15, 0.2) is 24.3 Å². The maximum absolute atomic E-state index is 11.2. The zero-order valence-electron chi connectivity index (χ0n) is 10.3. The average Bonchev–Trinajstić information content (AvgIpc) is 2.46.